The number of halogens is 1. The lowest BCUT2D eigenvalue weighted by atomic mass is 9.94. The average molecular weight is 574 g/mol. The van der Waals surface area contributed by atoms with E-state index < -0.39 is 24.7 Å². The van der Waals surface area contributed by atoms with Crippen LogP contribution in [-0.2, 0) is 40.3 Å². The number of hydrogen-bond donors (Lipinski definition) is 2. The standard InChI is InChI=1S/C31H32FN5O3S/c32-11-13-35-18-22(23-6-1-2-7-26(23)35)15-24(33)30(39)34-25-16-21-5-3-8-27(36-12-4-9-28(36)38)29(21)37(31(25)40)17-20-10-14-41-19-20/h1-3,5-8,10,14,18-19,24-25H,4,9,11-13,15-17,33H2,(H,34,39)/t24-,25?/m0/s1. The highest BCUT2D eigenvalue weighted by Gasteiger charge is 2.38. The van der Waals surface area contributed by atoms with Crippen molar-refractivity contribution in [2.75, 3.05) is 23.0 Å². The smallest absolute Gasteiger partial charge is 0.250 e. The molecule has 3 amide bonds. The Kier molecular flexibility index (Phi) is 7.59. The van der Waals surface area contributed by atoms with Crippen LogP contribution in [0.4, 0.5) is 15.8 Å². The zero-order valence-corrected chi connectivity index (χ0v) is 23.4. The van der Waals surface area contributed by atoms with Crippen molar-refractivity contribution in [3.05, 3.63) is 82.2 Å². The lowest BCUT2D eigenvalue weighted by molar-refractivity contribution is -0.128. The van der Waals surface area contributed by atoms with E-state index in [0.29, 0.717) is 25.9 Å². The van der Waals surface area contributed by atoms with Crippen molar-refractivity contribution in [3.63, 3.8) is 0 Å². The first kappa shape index (κ1) is 27.2. The van der Waals surface area contributed by atoms with E-state index in [1.54, 1.807) is 21.1 Å². The van der Waals surface area contributed by atoms with Crippen LogP contribution in [0.1, 0.15) is 29.5 Å². The molecule has 2 atom stereocenters. The normalized spacial score (nSPS) is 17.8. The van der Waals surface area contributed by atoms with Crippen LogP contribution in [0.5, 0.6) is 0 Å². The highest BCUT2D eigenvalue weighted by molar-refractivity contribution is 7.07. The Morgan fingerprint density at radius 3 is 2.76 bits per heavy atom. The molecule has 0 spiro atoms. The molecule has 4 heterocycles. The fraction of sp³-hybridized carbons (Fsp3) is 0.323. The van der Waals surface area contributed by atoms with Gasteiger partial charge in [-0.25, -0.2) is 4.39 Å². The average Bonchev–Trinajstić information content (AvgIpc) is 3.72. The number of anilines is 2. The maximum absolute atomic E-state index is 14.0. The van der Waals surface area contributed by atoms with E-state index in [9.17, 15) is 18.8 Å². The SMILES string of the molecule is N[C@@H](Cc1cn(CCF)c2ccccc12)C(=O)NC1Cc2cccc(N3CCCC3=O)c2N(Cc2ccsc2)C1=O. The van der Waals surface area contributed by atoms with Crippen LogP contribution in [-0.4, -0.2) is 47.6 Å². The lowest BCUT2D eigenvalue weighted by Gasteiger charge is -2.37. The highest BCUT2D eigenvalue weighted by atomic mass is 32.1. The summed E-state index contributed by atoms with van der Waals surface area (Å²) >= 11 is 1.55. The molecule has 8 nitrogen and oxygen atoms in total. The molecule has 0 bridgehead atoms. The fourth-order valence-corrected chi connectivity index (χ4v) is 6.64. The molecule has 2 aromatic heterocycles. The van der Waals surface area contributed by atoms with Gasteiger partial charge in [0.05, 0.1) is 30.5 Å². The second-order valence-electron chi connectivity index (χ2n) is 10.6. The molecule has 4 aromatic rings. The third-order valence-electron chi connectivity index (χ3n) is 7.93. The molecule has 6 rings (SSSR count). The maximum Gasteiger partial charge on any atom is 0.250 e. The van der Waals surface area contributed by atoms with Gasteiger partial charge in [-0.15, -0.1) is 0 Å². The van der Waals surface area contributed by atoms with Gasteiger partial charge < -0.3 is 25.4 Å². The van der Waals surface area contributed by atoms with Gasteiger partial charge in [0.2, 0.25) is 17.7 Å². The number of nitrogens with one attached hydrogen (secondary N) is 1. The predicted octanol–water partition coefficient (Wildman–Crippen LogP) is 3.94. The number of alkyl halides is 1. The molecule has 2 aromatic carbocycles. The molecular formula is C31H32FN5O3S. The molecule has 41 heavy (non-hydrogen) atoms. The number of thiophene rings is 1. The molecular weight excluding hydrogens is 541 g/mol. The number of rotatable bonds is 9. The van der Waals surface area contributed by atoms with Crippen LogP contribution >= 0.6 is 11.3 Å². The number of aryl methyl sites for hydroxylation is 1. The van der Waals surface area contributed by atoms with Crippen molar-refractivity contribution in [2.45, 2.75) is 50.9 Å². The van der Waals surface area contributed by atoms with Gasteiger partial charge in [-0.05, 0) is 58.5 Å². The molecule has 10 heteroatoms. The quantitative estimate of drug-likeness (QED) is 0.317. The Morgan fingerprint density at radius 2 is 2.00 bits per heavy atom. The Balaban J connectivity index is 1.26. The monoisotopic (exact) mass is 573 g/mol. The molecule has 0 saturated carbocycles. The summed E-state index contributed by atoms with van der Waals surface area (Å²) in [6, 6.07) is 13.7. The predicted molar refractivity (Wildman–Crippen MR) is 159 cm³/mol. The minimum atomic E-state index is -0.896. The zero-order chi connectivity index (χ0) is 28.5. The van der Waals surface area contributed by atoms with Crippen LogP contribution in [0.15, 0.2) is 65.5 Å². The highest BCUT2D eigenvalue weighted by Crippen LogP contribution is 2.40. The number of aromatic nitrogens is 1. The minimum absolute atomic E-state index is 0.0515. The van der Waals surface area contributed by atoms with E-state index in [0.717, 1.165) is 45.4 Å². The lowest BCUT2D eigenvalue weighted by Crippen LogP contribution is -2.56. The number of fused-ring (bicyclic) bond motifs is 2. The topological polar surface area (TPSA) is 101 Å². The largest absolute Gasteiger partial charge is 0.345 e. The van der Waals surface area contributed by atoms with Crippen LogP contribution in [0.2, 0.25) is 0 Å². The van der Waals surface area contributed by atoms with Crippen LogP contribution in [0.3, 0.4) is 0 Å². The molecule has 2 aliphatic rings. The van der Waals surface area contributed by atoms with Gasteiger partial charge >= 0.3 is 0 Å². The number of benzene rings is 2. The van der Waals surface area contributed by atoms with Crippen LogP contribution < -0.4 is 20.9 Å². The third-order valence-corrected chi connectivity index (χ3v) is 8.66. The summed E-state index contributed by atoms with van der Waals surface area (Å²) < 4.78 is 15.0. The Morgan fingerprint density at radius 1 is 1.15 bits per heavy atom. The number of para-hydroxylation sites is 2. The first-order chi connectivity index (χ1) is 19.9. The first-order valence-corrected chi connectivity index (χ1v) is 14.8. The van der Waals surface area contributed by atoms with Crippen molar-refractivity contribution < 1.29 is 18.8 Å². The number of hydrogen-bond acceptors (Lipinski definition) is 5. The van der Waals surface area contributed by atoms with E-state index in [1.165, 1.54) is 0 Å². The number of nitrogens with zero attached hydrogens (tertiary/aromatic N) is 3. The Bertz CT molecular complexity index is 1600. The van der Waals surface area contributed by atoms with E-state index in [1.807, 2.05) is 70.1 Å². The van der Waals surface area contributed by atoms with Gasteiger partial charge in [0.1, 0.15) is 12.7 Å². The fourth-order valence-electron chi connectivity index (χ4n) is 5.99. The molecule has 0 aliphatic carbocycles. The Hall–Kier alpha value is -4.02. The third kappa shape index (κ3) is 5.25. The minimum Gasteiger partial charge on any atom is -0.345 e. The van der Waals surface area contributed by atoms with Crippen molar-refractivity contribution >= 4 is 51.3 Å². The summed E-state index contributed by atoms with van der Waals surface area (Å²) in [7, 11) is 0. The molecule has 212 valence electrons. The zero-order valence-electron chi connectivity index (χ0n) is 22.6. The number of amides is 3. The van der Waals surface area contributed by atoms with Gasteiger partial charge in [0.25, 0.3) is 0 Å². The maximum atomic E-state index is 14.0. The first-order valence-electron chi connectivity index (χ1n) is 13.9. The van der Waals surface area contributed by atoms with E-state index in [-0.39, 0.29) is 24.8 Å². The second-order valence-corrected chi connectivity index (χ2v) is 11.4. The van der Waals surface area contributed by atoms with Gasteiger partial charge in [0, 0.05) is 36.5 Å². The summed E-state index contributed by atoms with van der Waals surface area (Å²) in [6.45, 7) is 0.682. The summed E-state index contributed by atoms with van der Waals surface area (Å²) in [5.41, 5.74) is 11.5. The molecule has 2 aliphatic heterocycles. The van der Waals surface area contributed by atoms with Crippen molar-refractivity contribution in [3.8, 4) is 0 Å². The van der Waals surface area contributed by atoms with Crippen molar-refractivity contribution in [2.24, 2.45) is 5.73 Å². The molecule has 3 N–H and O–H groups in total. The van der Waals surface area contributed by atoms with Crippen LogP contribution in [0, 0.1) is 0 Å². The number of carbonyl (C=O) groups is 3. The van der Waals surface area contributed by atoms with E-state index in [4.69, 9.17) is 5.73 Å². The number of carbonyl (C=O) groups excluding carboxylic acids is 3. The molecule has 1 saturated heterocycles. The van der Waals surface area contributed by atoms with Crippen LogP contribution in [0.25, 0.3) is 10.9 Å². The van der Waals surface area contributed by atoms with Gasteiger partial charge in [-0.2, -0.15) is 11.3 Å². The summed E-state index contributed by atoms with van der Waals surface area (Å²) in [5, 5.41) is 7.80. The van der Waals surface area contributed by atoms with E-state index in [2.05, 4.69) is 5.32 Å². The molecule has 1 fully saturated rings. The summed E-state index contributed by atoms with van der Waals surface area (Å²) in [5.74, 6) is -0.603. The van der Waals surface area contributed by atoms with E-state index >= 15 is 0 Å². The number of nitrogens with two attached hydrogens (primary N) is 1. The molecule has 1 unspecified atom stereocenters. The summed E-state index contributed by atoms with van der Waals surface area (Å²) in [4.78, 5) is 43.4. The Labute approximate surface area is 241 Å². The van der Waals surface area contributed by atoms with Crippen molar-refractivity contribution in [1.82, 2.24) is 9.88 Å². The van der Waals surface area contributed by atoms with Crippen molar-refractivity contribution in [1.29, 1.82) is 0 Å². The molecule has 0 radical (unpaired) electrons. The van der Waals surface area contributed by atoms with Gasteiger partial charge in [0.15, 0.2) is 0 Å². The van der Waals surface area contributed by atoms with Gasteiger partial charge in [-0.1, -0.05) is 30.3 Å². The van der Waals surface area contributed by atoms with Gasteiger partial charge in [-0.3, -0.25) is 14.4 Å². The second kappa shape index (κ2) is 11.5. The summed E-state index contributed by atoms with van der Waals surface area (Å²) in [6.07, 6.45) is 3.68.